The predicted molar refractivity (Wildman–Crippen MR) is 56.8 cm³/mol. The Morgan fingerprint density at radius 3 is 2.07 bits per heavy atom. The standard InChI is InChI=1S/C11H22F3N/c1-4-15-10(6-5-9(2)3)7-8-11(12,13)14/h9-10,15H,4-8H2,1-3H3. The van der Waals surface area contributed by atoms with Crippen molar-refractivity contribution in [2.24, 2.45) is 5.92 Å². The van der Waals surface area contributed by atoms with Crippen molar-refractivity contribution < 1.29 is 13.2 Å². The van der Waals surface area contributed by atoms with Crippen molar-refractivity contribution in [3.05, 3.63) is 0 Å². The van der Waals surface area contributed by atoms with Crippen molar-refractivity contribution in [1.82, 2.24) is 5.32 Å². The highest BCUT2D eigenvalue weighted by Crippen LogP contribution is 2.23. The Labute approximate surface area is 90.4 Å². The molecular formula is C11H22F3N. The molecule has 0 aliphatic carbocycles. The first kappa shape index (κ1) is 14.8. The average molecular weight is 225 g/mol. The molecule has 0 saturated carbocycles. The van der Waals surface area contributed by atoms with Crippen LogP contribution in [0.5, 0.6) is 0 Å². The molecule has 0 radical (unpaired) electrons. The third-order valence-corrected chi connectivity index (χ3v) is 2.36. The van der Waals surface area contributed by atoms with Crippen LogP contribution in [-0.2, 0) is 0 Å². The van der Waals surface area contributed by atoms with Gasteiger partial charge in [-0.1, -0.05) is 20.8 Å². The van der Waals surface area contributed by atoms with Gasteiger partial charge in [-0.25, -0.2) is 0 Å². The maximum atomic E-state index is 12.0. The van der Waals surface area contributed by atoms with Crippen molar-refractivity contribution in [3.63, 3.8) is 0 Å². The molecule has 0 aromatic carbocycles. The van der Waals surface area contributed by atoms with Crippen molar-refractivity contribution in [2.45, 2.75) is 58.7 Å². The molecule has 0 fully saturated rings. The fraction of sp³-hybridized carbons (Fsp3) is 1.00. The van der Waals surface area contributed by atoms with Crippen molar-refractivity contribution in [1.29, 1.82) is 0 Å². The smallest absolute Gasteiger partial charge is 0.314 e. The molecule has 0 aliphatic rings. The van der Waals surface area contributed by atoms with Gasteiger partial charge in [-0.3, -0.25) is 0 Å². The second kappa shape index (κ2) is 7.09. The molecule has 0 heterocycles. The number of rotatable bonds is 7. The first-order valence-corrected chi connectivity index (χ1v) is 5.65. The van der Waals surface area contributed by atoms with E-state index in [-0.39, 0.29) is 12.5 Å². The van der Waals surface area contributed by atoms with Crippen LogP contribution in [0, 0.1) is 5.92 Å². The van der Waals surface area contributed by atoms with E-state index >= 15 is 0 Å². The summed E-state index contributed by atoms with van der Waals surface area (Å²) in [5, 5.41) is 3.11. The molecule has 0 amide bonds. The van der Waals surface area contributed by atoms with E-state index in [9.17, 15) is 13.2 Å². The van der Waals surface area contributed by atoms with Crippen LogP contribution in [0.15, 0.2) is 0 Å². The van der Waals surface area contributed by atoms with Crippen LogP contribution in [0.3, 0.4) is 0 Å². The van der Waals surface area contributed by atoms with Gasteiger partial charge in [0.15, 0.2) is 0 Å². The Bertz CT molecular complexity index is 154. The second-order valence-electron chi connectivity index (χ2n) is 4.38. The topological polar surface area (TPSA) is 12.0 Å². The number of nitrogens with one attached hydrogen (secondary N) is 1. The first-order valence-electron chi connectivity index (χ1n) is 5.65. The van der Waals surface area contributed by atoms with Gasteiger partial charge in [0.2, 0.25) is 0 Å². The van der Waals surface area contributed by atoms with Gasteiger partial charge < -0.3 is 5.32 Å². The van der Waals surface area contributed by atoms with Crippen LogP contribution in [0.1, 0.15) is 46.5 Å². The quantitative estimate of drug-likeness (QED) is 0.696. The molecule has 1 unspecified atom stereocenters. The van der Waals surface area contributed by atoms with E-state index in [0.29, 0.717) is 5.92 Å². The van der Waals surface area contributed by atoms with Gasteiger partial charge >= 0.3 is 6.18 Å². The van der Waals surface area contributed by atoms with Crippen LogP contribution >= 0.6 is 0 Å². The molecule has 0 aromatic rings. The lowest BCUT2D eigenvalue weighted by atomic mass is 10.00. The molecule has 1 nitrogen and oxygen atoms in total. The van der Waals surface area contributed by atoms with Gasteiger partial charge in [0.1, 0.15) is 0 Å². The minimum atomic E-state index is -4.02. The van der Waals surface area contributed by atoms with Crippen LogP contribution in [0.2, 0.25) is 0 Å². The number of alkyl halides is 3. The zero-order valence-corrected chi connectivity index (χ0v) is 9.82. The fourth-order valence-corrected chi connectivity index (χ4v) is 1.51. The van der Waals surface area contributed by atoms with E-state index < -0.39 is 12.6 Å². The van der Waals surface area contributed by atoms with Crippen molar-refractivity contribution in [3.8, 4) is 0 Å². The summed E-state index contributed by atoms with van der Waals surface area (Å²) in [6.45, 7) is 6.84. The van der Waals surface area contributed by atoms with E-state index in [4.69, 9.17) is 0 Å². The van der Waals surface area contributed by atoms with E-state index in [1.165, 1.54) is 0 Å². The Morgan fingerprint density at radius 2 is 1.67 bits per heavy atom. The predicted octanol–water partition coefficient (Wildman–Crippen LogP) is 3.74. The first-order chi connectivity index (χ1) is 6.85. The molecule has 0 bridgehead atoms. The van der Waals surface area contributed by atoms with Gasteiger partial charge in [-0.15, -0.1) is 0 Å². The minimum Gasteiger partial charge on any atom is -0.314 e. The highest BCUT2D eigenvalue weighted by atomic mass is 19.4. The summed E-state index contributed by atoms with van der Waals surface area (Å²) in [5.41, 5.74) is 0. The molecule has 0 aromatic heterocycles. The monoisotopic (exact) mass is 225 g/mol. The SMILES string of the molecule is CCNC(CCC(C)C)CCC(F)(F)F. The van der Waals surface area contributed by atoms with Gasteiger partial charge in [0, 0.05) is 12.5 Å². The summed E-state index contributed by atoms with van der Waals surface area (Å²) in [4.78, 5) is 0. The summed E-state index contributed by atoms with van der Waals surface area (Å²) in [6, 6.07) is 0.0130. The van der Waals surface area contributed by atoms with Gasteiger partial charge in [-0.05, 0) is 31.7 Å². The molecule has 0 aliphatic heterocycles. The second-order valence-corrected chi connectivity index (χ2v) is 4.38. The molecule has 0 saturated heterocycles. The highest BCUT2D eigenvalue weighted by Gasteiger charge is 2.27. The maximum Gasteiger partial charge on any atom is 0.389 e. The molecular weight excluding hydrogens is 203 g/mol. The van der Waals surface area contributed by atoms with Gasteiger partial charge in [-0.2, -0.15) is 13.2 Å². The van der Waals surface area contributed by atoms with E-state index in [1.54, 1.807) is 0 Å². The molecule has 0 rings (SSSR count). The van der Waals surface area contributed by atoms with Crippen LogP contribution in [0.25, 0.3) is 0 Å². The summed E-state index contributed by atoms with van der Waals surface area (Å²) >= 11 is 0. The zero-order chi connectivity index (χ0) is 11.9. The third kappa shape index (κ3) is 10.0. The van der Waals surface area contributed by atoms with Crippen molar-refractivity contribution in [2.75, 3.05) is 6.54 Å². The maximum absolute atomic E-state index is 12.0. The van der Waals surface area contributed by atoms with Gasteiger partial charge in [0.05, 0.1) is 0 Å². The number of hydrogen-bond donors (Lipinski definition) is 1. The van der Waals surface area contributed by atoms with Crippen molar-refractivity contribution >= 4 is 0 Å². The fourth-order valence-electron chi connectivity index (χ4n) is 1.51. The lowest BCUT2D eigenvalue weighted by molar-refractivity contribution is -0.136. The summed E-state index contributed by atoms with van der Waals surface area (Å²) in [6.07, 6.45) is -2.69. The Kier molecular flexibility index (Phi) is 6.98. The molecule has 15 heavy (non-hydrogen) atoms. The summed E-state index contributed by atoms with van der Waals surface area (Å²) < 4.78 is 36.1. The molecule has 4 heteroatoms. The number of hydrogen-bond acceptors (Lipinski definition) is 1. The molecule has 1 N–H and O–H groups in total. The zero-order valence-electron chi connectivity index (χ0n) is 9.82. The molecule has 1 atom stereocenters. The largest absolute Gasteiger partial charge is 0.389 e. The molecule has 0 spiro atoms. The highest BCUT2D eigenvalue weighted by molar-refractivity contribution is 4.69. The van der Waals surface area contributed by atoms with Crippen LogP contribution < -0.4 is 5.32 Å². The van der Waals surface area contributed by atoms with Gasteiger partial charge in [0.25, 0.3) is 0 Å². The Hall–Kier alpha value is -0.250. The van der Waals surface area contributed by atoms with E-state index in [2.05, 4.69) is 19.2 Å². The Morgan fingerprint density at radius 1 is 1.07 bits per heavy atom. The van der Waals surface area contributed by atoms with Crippen LogP contribution in [-0.4, -0.2) is 18.8 Å². The Balaban J connectivity index is 3.82. The minimum absolute atomic E-state index is 0.0130. The number of halogens is 3. The molecule has 92 valence electrons. The van der Waals surface area contributed by atoms with E-state index in [0.717, 1.165) is 19.4 Å². The lowest BCUT2D eigenvalue weighted by Crippen LogP contribution is -2.30. The third-order valence-electron chi connectivity index (χ3n) is 2.36. The average Bonchev–Trinajstić information content (AvgIpc) is 2.08. The van der Waals surface area contributed by atoms with Crippen LogP contribution in [0.4, 0.5) is 13.2 Å². The summed E-state index contributed by atoms with van der Waals surface area (Å²) in [5.74, 6) is 0.553. The normalized spacial score (nSPS) is 14.6. The summed E-state index contributed by atoms with van der Waals surface area (Å²) in [7, 11) is 0. The van der Waals surface area contributed by atoms with E-state index in [1.807, 2.05) is 6.92 Å². The lowest BCUT2D eigenvalue weighted by Gasteiger charge is -2.19.